The first-order valence-electron chi connectivity index (χ1n) is 5.92. The van der Waals surface area contributed by atoms with Crippen molar-refractivity contribution in [2.24, 2.45) is 4.99 Å². The molecule has 1 aromatic carbocycles. The molecule has 3 amide bonds. The summed E-state index contributed by atoms with van der Waals surface area (Å²) < 4.78 is 5.09. The average Bonchev–Trinajstić information content (AvgIpc) is 2.72. The quantitative estimate of drug-likeness (QED) is 0.570. The maximum absolute atomic E-state index is 12.2. The van der Waals surface area contributed by atoms with Crippen LogP contribution in [-0.4, -0.2) is 36.8 Å². The number of benzene rings is 1. The fourth-order valence-electron chi connectivity index (χ4n) is 1.77. The molecule has 0 spiro atoms. The number of carbonyl (C=O) groups excluding carboxylic acids is 2. The number of methoxy groups -OCH3 is 1. The molecule has 2 rings (SSSR count). The SMILES string of the molecule is COc1ccc(N2C(=O)N(C)C(=O)C2=NC(Cl)=C(Cl)Br)cc1. The highest BCUT2D eigenvalue weighted by molar-refractivity contribution is 9.12. The van der Waals surface area contributed by atoms with Crippen molar-refractivity contribution in [1.82, 2.24) is 4.90 Å². The monoisotopic (exact) mass is 405 g/mol. The maximum Gasteiger partial charge on any atom is 0.337 e. The highest BCUT2D eigenvalue weighted by atomic mass is 79.9. The van der Waals surface area contributed by atoms with Crippen molar-refractivity contribution in [2.75, 3.05) is 19.1 Å². The smallest absolute Gasteiger partial charge is 0.337 e. The van der Waals surface area contributed by atoms with Gasteiger partial charge < -0.3 is 4.74 Å². The molecule has 1 aliphatic rings. The third kappa shape index (κ3) is 3.11. The lowest BCUT2D eigenvalue weighted by atomic mass is 10.3. The minimum atomic E-state index is -0.579. The number of likely N-dealkylation sites (N-methyl/N-ethyl adjacent to an activating group) is 1. The molecule has 0 bridgehead atoms. The Balaban J connectivity index is 2.51. The Bertz CT molecular complexity index is 684. The zero-order chi connectivity index (χ0) is 16.4. The highest BCUT2D eigenvalue weighted by Crippen LogP contribution is 2.27. The van der Waals surface area contributed by atoms with Crippen molar-refractivity contribution in [3.05, 3.63) is 33.4 Å². The third-order valence-corrected chi connectivity index (χ3v) is 4.03. The van der Waals surface area contributed by atoms with Gasteiger partial charge in [-0.3, -0.25) is 9.69 Å². The lowest BCUT2D eigenvalue weighted by molar-refractivity contribution is -0.119. The van der Waals surface area contributed by atoms with Gasteiger partial charge in [0.15, 0.2) is 5.16 Å². The number of ether oxygens (including phenoxy) is 1. The summed E-state index contributed by atoms with van der Waals surface area (Å²) in [5, 5.41) is -0.133. The van der Waals surface area contributed by atoms with E-state index in [1.165, 1.54) is 14.2 Å². The number of hydrogen-bond donors (Lipinski definition) is 0. The van der Waals surface area contributed by atoms with Gasteiger partial charge in [0.2, 0.25) is 5.84 Å². The molecule has 0 saturated carbocycles. The first-order chi connectivity index (χ1) is 10.4. The molecule has 1 heterocycles. The average molecular weight is 407 g/mol. The van der Waals surface area contributed by atoms with E-state index in [0.29, 0.717) is 11.4 Å². The molecular formula is C13H10BrCl2N3O3. The van der Waals surface area contributed by atoms with Crippen molar-refractivity contribution in [2.45, 2.75) is 0 Å². The number of amides is 3. The zero-order valence-corrected chi connectivity index (χ0v) is 14.6. The van der Waals surface area contributed by atoms with Crippen LogP contribution >= 0.6 is 39.1 Å². The second kappa shape index (κ2) is 6.68. The number of nitrogens with zero attached hydrogens (tertiary/aromatic N) is 3. The normalized spacial score (nSPS) is 18.1. The number of carbonyl (C=O) groups is 2. The second-order valence-corrected chi connectivity index (χ2v) is 6.15. The van der Waals surface area contributed by atoms with Crippen molar-refractivity contribution < 1.29 is 14.3 Å². The predicted octanol–water partition coefficient (Wildman–Crippen LogP) is 3.49. The molecule has 9 heteroatoms. The Labute approximate surface area is 145 Å². The largest absolute Gasteiger partial charge is 0.497 e. The van der Waals surface area contributed by atoms with E-state index in [4.69, 9.17) is 27.9 Å². The Morgan fingerprint density at radius 1 is 1.23 bits per heavy atom. The van der Waals surface area contributed by atoms with Gasteiger partial charge in [0.25, 0.3) is 5.91 Å². The van der Waals surface area contributed by atoms with Gasteiger partial charge in [-0.15, -0.1) is 0 Å². The van der Waals surface area contributed by atoms with E-state index in [2.05, 4.69) is 20.9 Å². The molecule has 1 aromatic rings. The van der Waals surface area contributed by atoms with E-state index in [9.17, 15) is 9.59 Å². The third-order valence-electron chi connectivity index (χ3n) is 2.88. The van der Waals surface area contributed by atoms with Crippen LogP contribution in [0.2, 0.25) is 0 Å². The van der Waals surface area contributed by atoms with Crippen molar-refractivity contribution in [1.29, 1.82) is 0 Å². The fourth-order valence-corrected chi connectivity index (χ4v) is 1.98. The van der Waals surface area contributed by atoms with Crippen LogP contribution in [0.4, 0.5) is 10.5 Å². The van der Waals surface area contributed by atoms with Gasteiger partial charge in [-0.2, -0.15) is 0 Å². The van der Waals surface area contributed by atoms with E-state index in [-0.39, 0.29) is 14.9 Å². The van der Waals surface area contributed by atoms with E-state index < -0.39 is 11.9 Å². The summed E-state index contributed by atoms with van der Waals surface area (Å²) in [7, 11) is 2.89. The summed E-state index contributed by atoms with van der Waals surface area (Å²) in [5.41, 5.74) is 0.456. The molecule has 0 atom stereocenters. The van der Waals surface area contributed by atoms with Gasteiger partial charge in [-0.25, -0.2) is 14.7 Å². The predicted molar refractivity (Wildman–Crippen MR) is 88.7 cm³/mol. The minimum absolute atomic E-state index is 0.0335. The van der Waals surface area contributed by atoms with Crippen LogP contribution in [0.5, 0.6) is 5.75 Å². The summed E-state index contributed by atoms with van der Waals surface area (Å²) in [6, 6.07) is 6.05. The summed E-state index contributed by atoms with van der Waals surface area (Å²) in [6.45, 7) is 0. The standard InChI is InChI=1S/C13H10BrCl2N3O3/c1-18-12(20)11(17-10(16)9(14)15)19(13(18)21)7-3-5-8(22-2)6-4-7/h3-6H,1-2H3. The molecule has 0 unspecified atom stereocenters. The lowest BCUT2D eigenvalue weighted by Crippen LogP contribution is -2.31. The Morgan fingerprint density at radius 3 is 2.32 bits per heavy atom. The Hall–Kier alpha value is -1.57. The van der Waals surface area contributed by atoms with Crippen LogP contribution in [0.25, 0.3) is 0 Å². The van der Waals surface area contributed by atoms with E-state index >= 15 is 0 Å². The number of urea groups is 1. The van der Waals surface area contributed by atoms with Crippen molar-refractivity contribution in [3.63, 3.8) is 0 Å². The summed E-state index contributed by atoms with van der Waals surface area (Å²) in [4.78, 5) is 30.4. The summed E-state index contributed by atoms with van der Waals surface area (Å²) in [5.74, 6) is -0.0975. The van der Waals surface area contributed by atoms with Crippen LogP contribution in [0, 0.1) is 0 Å². The highest BCUT2D eigenvalue weighted by Gasteiger charge is 2.41. The fraction of sp³-hybridized carbons (Fsp3) is 0.154. The topological polar surface area (TPSA) is 62.2 Å². The Kier molecular flexibility index (Phi) is 5.10. The molecule has 0 N–H and O–H groups in total. The molecule has 116 valence electrons. The molecule has 0 radical (unpaired) electrons. The van der Waals surface area contributed by atoms with Crippen LogP contribution in [0.1, 0.15) is 0 Å². The van der Waals surface area contributed by atoms with E-state index in [0.717, 1.165) is 9.80 Å². The van der Waals surface area contributed by atoms with Crippen molar-refractivity contribution in [3.8, 4) is 5.75 Å². The number of amidine groups is 1. The number of halogens is 3. The summed E-state index contributed by atoms with van der Waals surface area (Å²) >= 11 is 14.5. The Morgan fingerprint density at radius 2 is 1.82 bits per heavy atom. The number of rotatable bonds is 3. The molecule has 6 nitrogen and oxygen atoms in total. The van der Waals surface area contributed by atoms with E-state index in [1.807, 2.05) is 0 Å². The molecule has 1 saturated heterocycles. The van der Waals surface area contributed by atoms with Gasteiger partial charge in [0.1, 0.15) is 9.69 Å². The van der Waals surface area contributed by atoms with Gasteiger partial charge in [-0.05, 0) is 40.2 Å². The van der Waals surface area contributed by atoms with Gasteiger partial charge in [0, 0.05) is 7.05 Å². The molecule has 1 fully saturated rings. The number of anilines is 1. The molecule has 0 aliphatic carbocycles. The van der Waals surface area contributed by atoms with Crippen LogP contribution in [0.15, 0.2) is 38.4 Å². The molecule has 22 heavy (non-hydrogen) atoms. The van der Waals surface area contributed by atoms with Gasteiger partial charge in [-0.1, -0.05) is 23.2 Å². The van der Waals surface area contributed by atoms with Crippen LogP contribution in [-0.2, 0) is 4.79 Å². The first-order valence-corrected chi connectivity index (χ1v) is 7.47. The zero-order valence-electron chi connectivity index (χ0n) is 11.5. The van der Waals surface area contributed by atoms with Crippen LogP contribution in [0.3, 0.4) is 0 Å². The minimum Gasteiger partial charge on any atom is -0.497 e. The molecular weight excluding hydrogens is 397 g/mol. The number of hydrogen-bond acceptors (Lipinski definition) is 4. The van der Waals surface area contributed by atoms with Crippen LogP contribution < -0.4 is 9.64 Å². The summed E-state index contributed by atoms with van der Waals surface area (Å²) in [6.07, 6.45) is 0. The second-order valence-electron chi connectivity index (χ2n) is 4.17. The first kappa shape index (κ1) is 16.8. The van der Waals surface area contributed by atoms with E-state index in [1.54, 1.807) is 24.3 Å². The molecule has 0 aromatic heterocycles. The van der Waals surface area contributed by atoms with Gasteiger partial charge >= 0.3 is 6.03 Å². The number of imide groups is 1. The molecule has 1 aliphatic heterocycles. The lowest BCUT2D eigenvalue weighted by Gasteiger charge is -2.15. The maximum atomic E-state index is 12.2. The van der Waals surface area contributed by atoms with Crippen molar-refractivity contribution >= 4 is 62.6 Å². The number of aliphatic imine (C=N–C) groups is 1. The van der Waals surface area contributed by atoms with Gasteiger partial charge in [0.05, 0.1) is 12.8 Å².